The monoisotopic (exact) mass is 316 g/mol. The van der Waals surface area contributed by atoms with Crippen molar-refractivity contribution in [2.75, 3.05) is 33.8 Å². The Balaban J connectivity index is 2.09. The van der Waals surface area contributed by atoms with Crippen molar-refractivity contribution < 1.29 is 13.2 Å². The van der Waals surface area contributed by atoms with Crippen LogP contribution in [-0.2, 0) is 21.5 Å². The Morgan fingerprint density at radius 3 is 2.90 bits per heavy atom. The van der Waals surface area contributed by atoms with E-state index >= 15 is 0 Å². The van der Waals surface area contributed by atoms with Crippen LogP contribution in [0.3, 0.4) is 0 Å². The van der Waals surface area contributed by atoms with E-state index < -0.39 is 10.2 Å². The first-order chi connectivity index (χ1) is 9.95. The van der Waals surface area contributed by atoms with Gasteiger partial charge in [0.05, 0.1) is 12.6 Å². The molecule has 0 saturated carbocycles. The lowest BCUT2D eigenvalue weighted by molar-refractivity contribution is 0.00293. The van der Waals surface area contributed by atoms with Crippen LogP contribution in [-0.4, -0.2) is 66.5 Å². The summed E-state index contributed by atoms with van der Waals surface area (Å²) in [7, 11) is -0.471. The zero-order valence-electron chi connectivity index (χ0n) is 12.9. The zero-order valence-corrected chi connectivity index (χ0v) is 13.7. The zero-order chi connectivity index (χ0) is 15.5. The molecule has 7 nitrogen and oxygen atoms in total. The van der Waals surface area contributed by atoms with Crippen LogP contribution < -0.4 is 0 Å². The van der Waals surface area contributed by atoms with E-state index in [1.165, 1.54) is 34.8 Å². The molecule has 1 atom stereocenters. The topological polar surface area (TPSA) is 67.7 Å². The van der Waals surface area contributed by atoms with Crippen molar-refractivity contribution in [3.8, 4) is 0 Å². The second kappa shape index (κ2) is 6.87. The Morgan fingerprint density at radius 2 is 2.24 bits per heavy atom. The van der Waals surface area contributed by atoms with Gasteiger partial charge >= 0.3 is 10.2 Å². The second-order valence-corrected chi connectivity index (χ2v) is 7.40. The third kappa shape index (κ3) is 3.82. The molecule has 0 aliphatic carbocycles. The Labute approximate surface area is 126 Å². The smallest absolute Gasteiger partial charge is 0.308 e. The number of likely N-dealkylation sites (tertiary alicyclic amines) is 1. The summed E-state index contributed by atoms with van der Waals surface area (Å²) in [5.41, 5.74) is 0. The van der Waals surface area contributed by atoms with Crippen LogP contribution in [0.15, 0.2) is 12.4 Å². The van der Waals surface area contributed by atoms with Crippen molar-refractivity contribution in [2.45, 2.75) is 32.4 Å². The summed E-state index contributed by atoms with van der Waals surface area (Å²) in [4.78, 5) is 6.41. The van der Waals surface area contributed by atoms with E-state index in [0.717, 1.165) is 25.9 Å². The third-order valence-electron chi connectivity index (χ3n) is 3.62. The van der Waals surface area contributed by atoms with E-state index in [0.29, 0.717) is 19.0 Å². The normalized spacial score (nSPS) is 21.0. The van der Waals surface area contributed by atoms with Crippen molar-refractivity contribution in [2.24, 2.45) is 0 Å². The van der Waals surface area contributed by atoms with Gasteiger partial charge in [-0.1, -0.05) is 0 Å². The fourth-order valence-corrected chi connectivity index (χ4v) is 3.48. The summed E-state index contributed by atoms with van der Waals surface area (Å²) in [6.45, 7) is 4.99. The number of ether oxygens (including phenoxy) is 1. The molecule has 1 saturated heterocycles. The molecule has 0 radical (unpaired) electrons. The summed E-state index contributed by atoms with van der Waals surface area (Å²) in [5, 5.41) is 0. The van der Waals surface area contributed by atoms with Crippen LogP contribution in [0.2, 0.25) is 0 Å². The lowest BCUT2D eigenvalue weighted by Gasteiger charge is -2.32. The minimum atomic E-state index is -3.51. The lowest BCUT2D eigenvalue weighted by atomic mass is 10.1. The number of hydrogen-bond donors (Lipinski definition) is 0. The van der Waals surface area contributed by atoms with Crippen molar-refractivity contribution >= 4 is 10.2 Å². The van der Waals surface area contributed by atoms with Gasteiger partial charge in [-0.2, -0.15) is 12.7 Å². The fraction of sp³-hybridized carbons (Fsp3) is 0.769. The maximum Gasteiger partial charge on any atom is 0.308 e. The average Bonchev–Trinajstić information content (AvgIpc) is 2.88. The minimum Gasteiger partial charge on any atom is -0.377 e. The van der Waals surface area contributed by atoms with E-state index in [2.05, 4.69) is 9.88 Å². The summed E-state index contributed by atoms with van der Waals surface area (Å²) in [6.07, 6.45) is 5.38. The average molecular weight is 316 g/mol. The molecule has 0 amide bonds. The highest BCUT2D eigenvalue weighted by atomic mass is 32.2. The number of piperidine rings is 1. The molecular weight excluding hydrogens is 292 g/mol. The quantitative estimate of drug-likeness (QED) is 0.766. The molecule has 8 heteroatoms. The molecule has 1 aliphatic rings. The molecule has 2 heterocycles. The van der Waals surface area contributed by atoms with Crippen molar-refractivity contribution in [1.82, 2.24) is 18.2 Å². The number of imidazole rings is 1. The SMILES string of the molecule is CCO[C@H]1CCCN(Cc2nccn2S(=O)(=O)N(C)C)C1. The molecule has 0 bridgehead atoms. The van der Waals surface area contributed by atoms with Gasteiger partial charge in [0, 0.05) is 39.6 Å². The highest BCUT2D eigenvalue weighted by molar-refractivity contribution is 7.87. The van der Waals surface area contributed by atoms with E-state index in [4.69, 9.17) is 4.74 Å². The highest BCUT2D eigenvalue weighted by Crippen LogP contribution is 2.16. The van der Waals surface area contributed by atoms with Crippen LogP contribution >= 0.6 is 0 Å². The van der Waals surface area contributed by atoms with Gasteiger partial charge in [0.1, 0.15) is 5.82 Å². The molecule has 1 aromatic rings. The molecule has 2 rings (SSSR count). The molecule has 1 aliphatic heterocycles. The molecule has 0 N–H and O–H groups in total. The molecule has 1 fully saturated rings. The first-order valence-electron chi connectivity index (χ1n) is 7.24. The van der Waals surface area contributed by atoms with Crippen LogP contribution in [0, 0.1) is 0 Å². The minimum absolute atomic E-state index is 0.234. The molecule has 0 unspecified atom stereocenters. The van der Waals surface area contributed by atoms with Crippen LogP contribution in [0.4, 0.5) is 0 Å². The van der Waals surface area contributed by atoms with Crippen LogP contribution in [0.5, 0.6) is 0 Å². The summed E-state index contributed by atoms with van der Waals surface area (Å²) in [6, 6.07) is 0. The van der Waals surface area contributed by atoms with E-state index in [-0.39, 0.29) is 6.10 Å². The van der Waals surface area contributed by atoms with Crippen molar-refractivity contribution in [3.05, 3.63) is 18.2 Å². The molecule has 0 aromatic carbocycles. The van der Waals surface area contributed by atoms with Gasteiger partial charge in [0.15, 0.2) is 0 Å². The number of hydrogen-bond acceptors (Lipinski definition) is 5. The molecule has 120 valence electrons. The van der Waals surface area contributed by atoms with Gasteiger partial charge in [-0.05, 0) is 26.3 Å². The summed E-state index contributed by atoms with van der Waals surface area (Å²) in [5.74, 6) is 0.542. The molecular formula is C13H24N4O3S. The number of nitrogens with zero attached hydrogens (tertiary/aromatic N) is 4. The molecule has 21 heavy (non-hydrogen) atoms. The Kier molecular flexibility index (Phi) is 5.37. The standard InChI is InChI=1S/C13H24N4O3S/c1-4-20-12-6-5-8-16(10-12)11-13-14-7-9-17(13)21(18,19)15(2)3/h7,9,12H,4-6,8,10-11H2,1-3H3/t12-/m0/s1. The lowest BCUT2D eigenvalue weighted by Crippen LogP contribution is -2.40. The van der Waals surface area contributed by atoms with Crippen LogP contribution in [0.25, 0.3) is 0 Å². The number of aromatic nitrogens is 2. The first kappa shape index (κ1) is 16.4. The Bertz CT molecular complexity index is 554. The Hall–Kier alpha value is -0.960. The molecule has 1 aromatic heterocycles. The highest BCUT2D eigenvalue weighted by Gasteiger charge is 2.24. The Morgan fingerprint density at radius 1 is 1.48 bits per heavy atom. The van der Waals surface area contributed by atoms with E-state index in [1.54, 1.807) is 0 Å². The van der Waals surface area contributed by atoms with E-state index in [1.807, 2.05) is 6.92 Å². The first-order valence-corrected chi connectivity index (χ1v) is 8.64. The predicted octanol–water partition coefficient (Wildman–Crippen LogP) is 0.539. The summed E-state index contributed by atoms with van der Waals surface area (Å²) < 4.78 is 32.6. The largest absolute Gasteiger partial charge is 0.377 e. The van der Waals surface area contributed by atoms with Gasteiger partial charge in [0.2, 0.25) is 0 Å². The van der Waals surface area contributed by atoms with Gasteiger partial charge in [-0.15, -0.1) is 0 Å². The van der Waals surface area contributed by atoms with Gasteiger partial charge < -0.3 is 4.74 Å². The second-order valence-electron chi connectivity index (χ2n) is 5.38. The maximum atomic E-state index is 12.2. The van der Waals surface area contributed by atoms with E-state index in [9.17, 15) is 8.42 Å². The van der Waals surface area contributed by atoms with Gasteiger partial charge in [-0.25, -0.2) is 8.96 Å². The summed E-state index contributed by atoms with van der Waals surface area (Å²) >= 11 is 0. The van der Waals surface area contributed by atoms with Gasteiger partial charge in [-0.3, -0.25) is 4.90 Å². The fourth-order valence-electron chi connectivity index (χ4n) is 2.55. The molecule has 0 spiro atoms. The van der Waals surface area contributed by atoms with Crippen molar-refractivity contribution in [1.29, 1.82) is 0 Å². The van der Waals surface area contributed by atoms with Gasteiger partial charge in [0.25, 0.3) is 0 Å². The predicted molar refractivity (Wildman–Crippen MR) is 80.2 cm³/mol. The van der Waals surface area contributed by atoms with Crippen LogP contribution in [0.1, 0.15) is 25.6 Å². The maximum absolute atomic E-state index is 12.2. The third-order valence-corrected chi connectivity index (χ3v) is 5.37. The van der Waals surface area contributed by atoms with Crippen molar-refractivity contribution in [3.63, 3.8) is 0 Å². The number of rotatable bonds is 6.